The van der Waals surface area contributed by atoms with E-state index in [2.05, 4.69) is 38.6 Å². The van der Waals surface area contributed by atoms with Gasteiger partial charge in [-0.2, -0.15) is 0 Å². The van der Waals surface area contributed by atoms with Crippen molar-refractivity contribution in [2.24, 2.45) is 0 Å². The number of amides is 1. The highest BCUT2D eigenvalue weighted by Gasteiger charge is 2.32. The lowest BCUT2D eigenvalue weighted by Gasteiger charge is -2.33. The predicted molar refractivity (Wildman–Crippen MR) is 151 cm³/mol. The second-order valence-corrected chi connectivity index (χ2v) is 10.4. The van der Waals surface area contributed by atoms with Gasteiger partial charge in [0.1, 0.15) is 18.1 Å². The zero-order valence-electron chi connectivity index (χ0n) is 23.1. The van der Waals surface area contributed by atoms with Gasteiger partial charge in [-0.3, -0.25) is 4.79 Å². The van der Waals surface area contributed by atoms with E-state index in [9.17, 15) is 4.79 Å². The second kappa shape index (κ2) is 17.1. The van der Waals surface area contributed by atoms with E-state index in [0.717, 1.165) is 61.5 Å². The van der Waals surface area contributed by atoms with Crippen molar-refractivity contribution in [1.29, 1.82) is 0 Å². The number of halogens is 1. The third-order valence-corrected chi connectivity index (χ3v) is 6.35. The Balaban J connectivity index is 0.00000507. The highest BCUT2D eigenvalue weighted by molar-refractivity contribution is 5.82. The molecule has 0 unspecified atom stereocenters. The first-order valence-corrected chi connectivity index (χ1v) is 13.5. The lowest BCUT2D eigenvalue weighted by molar-refractivity contribution is -0.892. The molecule has 0 fully saturated rings. The smallest absolute Gasteiger partial charge is 0.283 e. The number of quaternary nitrogens is 1. The van der Waals surface area contributed by atoms with Gasteiger partial charge in [0, 0.05) is 12.1 Å². The summed E-state index contributed by atoms with van der Waals surface area (Å²) < 4.78 is 12.3. The summed E-state index contributed by atoms with van der Waals surface area (Å²) >= 11 is 0. The van der Waals surface area contributed by atoms with Gasteiger partial charge < -0.3 is 43.3 Å². The van der Waals surface area contributed by atoms with Gasteiger partial charge in [-0.25, -0.2) is 0 Å². The van der Waals surface area contributed by atoms with Crippen molar-refractivity contribution in [1.82, 2.24) is 5.32 Å². The van der Waals surface area contributed by atoms with Gasteiger partial charge in [0.05, 0.1) is 27.7 Å². The van der Waals surface area contributed by atoms with Gasteiger partial charge in [-0.1, -0.05) is 86.3 Å². The molecule has 3 rings (SSSR count). The molecule has 0 spiro atoms. The molecule has 0 radical (unpaired) electrons. The fourth-order valence-corrected chi connectivity index (χ4v) is 4.39. The number of rotatable bonds is 16. The first kappa shape index (κ1) is 31.6. The second-order valence-electron chi connectivity index (χ2n) is 10.4. The molecule has 1 N–H and O–H groups in total. The van der Waals surface area contributed by atoms with Crippen LogP contribution in [0.1, 0.15) is 55.7 Å². The van der Waals surface area contributed by atoms with Crippen LogP contribution in [0, 0.1) is 0 Å². The molecule has 0 bridgehead atoms. The molecule has 0 aromatic heterocycles. The SMILES string of the molecule is C[N+](C)(C)[C@H](C(=O)NCCCCCCCCOc1ccc(OCc2ccccc2)cc1)c1ccccc1.[I-]. The summed E-state index contributed by atoms with van der Waals surface area (Å²) in [5.41, 5.74) is 2.21. The zero-order chi connectivity index (χ0) is 26.3. The van der Waals surface area contributed by atoms with Crippen LogP contribution in [0.5, 0.6) is 11.5 Å². The number of ether oxygens (including phenoxy) is 2. The molecule has 6 heteroatoms. The molecule has 0 aliphatic rings. The van der Waals surface area contributed by atoms with Crippen LogP contribution in [0.15, 0.2) is 84.9 Å². The third-order valence-electron chi connectivity index (χ3n) is 6.35. The number of carbonyl (C=O) groups excluding carboxylic acids is 1. The van der Waals surface area contributed by atoms with Crippen molar-refractivity contribution in [3.05, 3.63) is 96.1 Å². The molecule has 3 aromatic carbocycles. The maximum absolute atomic E-state index is 12.9. The van der Waals surface area contributed by atoms with E-state index in [1.807, 2.05) is 72.8 Å². The molecule has 0 saturated carbocycles. The number of nitrogens with one attached hydrogen (secondary N) is 1. The predicted octanol–water partition coefficient (Wildman–Crippen LogP) is 3.55. The number of unbranched alkanes of at least 4 members (excludes halogenated alkanes) is 5. The van der Waals surface area contributed by atoms with E-state index in [1.165, 1.54) is 12.8 Å². The van der Waals surface area contributed by atoms with Crippen LogP contribution in [0.2, 0.25) is 0 Å². The maximum atomic E-state index is 12.9. The van der Waals surface area contributed by atoms with Crippen LogP contribution in [0.25, 0.3) is 0 Å². The standard InChI is InChI=1S/C32H42N2O3.HI/c1-34(2,3)31(28-18-12-9-13-19-28)32(35)33-24-14-6-4-5-7-15-25-36-29-20-22-30(23-21-29)37-26-27-16-10-8-11-17-27;/h8-13,16-23,31H,4-7,14-15,24-26H2,1-3H3;1H/t31-;/m0./s1. The van der Waals surface area contributed by atoms with Crippen LogP contribution in [-0.4, -0.2) is 44.7 Å². The van der Waals surface area contributed by atoms with Gasteiger partial charge >= 0.3 is 0 Å². The average Bonchev–Trinajstić information content (AvgIpc) is 2.90. The topological polar surface area (TPSA) is 47.6 Å². The minimum absolute atomic E-state index is 0. The maximum Gasteiger partial charge on any atom is 0.283 e. The first-order chi connectivity index (χ1) is 17.9. The van der Waals surface area contributed by atoms with E-state index in [1.54, 1.807) is 0 Å². The van der Waals surface area contributed by atoms with Crippen LogP contribution >= 0.6 is 0 Å². The number of hydrogen-bond donors (Lipinski definition) is 1. The van der Waals surface area contributed by atoms with Crippen molar-refractivity contribution in [2.75, 3.05) is 34.3 Å². The summed E-state index contributed by atoms with van der Waals surface area (Å²) in [5.74, 6) is 1.83. The molecule has 0 heterocycles. The molecule has 1 atom stereocenters. The van der Waals surface area contributed by atoms with Gasteiger partial charge in [-0.15, -0.1) is 0 Å². The molecule has 0 aliphatic heterocycles. The number of carbonyl (C=O) groups is 1. The normalized spacial score (nSPS) is 11.8. The van der Waals surface area contributed by atoms with Gasteiger partial charge in [0.15, 0.2) is 6.04 Å². The Hall–Kier alpha value is -2.58. The van der Waals surface area contributed by atoms with Gasteiger partial charge in [-0.05, 0) is 42.7 Å². The largest absolute Gasteiger partial charge is 1.00 e. The lowest BCUT2D eigenvalue weighted by Crippen LogP contribution is -3.00. The molecule has 3 aromatic rings. The fourth-order valence-electron chi connectivity index (χ4n) is 4.39. The summed E-state index contributed by atoms with van der Waals surface area (Å²) in [6.45, 7) is 2.03. The Morgan fingerprint density at radius 1 is 0.711 bits per heavy atom. The van der Waals surface area contributed by atoms with Crippen molar-refractivity contribution in [3.8, 4) is 11.5 Å². The Morgan fingerprint density at radius 2 is 1.24 bits per heavy atom. The summed E-state index contributed by atoms with van der Waals surface area (Å²) in [7, 11) is 6.20. The molecule has 0 aliphatic carbocycles. The van der Waals surface area contributed by atoms with Crippen molar-refractivity contribution < 1.29 is 42.7 Å². The minimum Gasteiger partial charge on any atom is -1.00 e. The number of hydrogen-bond acceptors (Lipinski definition) is 3. The highest BCUT2D eigenvalue weighted by atomic mass is 127. The van der Waals surface area contributed by atoms with Crippen molar-refractivity contribution in [2.45, 2.75) is 51.2 Å². The number of likely N-dealkylation sites (N-methyl/N-ethyl adjacent to an activating group) is 1. The van der Waals surface area contributed by atoms with Crippen molar-refractivity contribution in [3.63, 3.8) is 0 Å². The molecule has 206 valence electrons. The lowest BCUT2D eigenvalue weighted by atomic mass is 10.0. The van der Waals surface area contributed by atoms with E-state index in [4.69, 9.17) is 9.47 Å². The summed E-state index contributed by atoms with van der Waals surface area (Å²) in [6.07, 6.45) is 6.72. The Kier molecular flexibility index (Phi) is 14.2. The molecule has 0 saturated heterocycles. The van der Waals surface area contributed by atoms with Crippen LogP contribution in [-0.2, 0) is 11.4 Å². The monoisotopic (exact) mass is 630 g/mol. The van der Waals surface area contributed by atoms with Crippen molar-refractivity contribution >= 4 is 5.91 Å². The van der Waals surface area contributed by atoms with Gasteiger partial charge in [0.25, 0.3) is 5.91 Å². The highest BCUT2D eigenvalue weighted by Crippen LogP contribution is 2.23. The Morgan fingerprint density at radius 3 is 1.84 bits per heavy atom. The summed E-state index contributed by atoms with van der Waals surface area (Å²) in [5, 5.41) is 3.15. The van der Waals surface area contributed by atoms with Crippen LogP contribution in [0.4, 0.5) is 0 Å². The van der Waals surface area contributed by atoms with E-state index >= 15 is 0 Å². The summed E-state index contributed by atoms with van der Waals surface area (Å²) in [4.78, 5) is 12.9. The first-order valence-electron chi connectivity index (χ1n) is 13.5. The molecule has 1 amide bonds. The average molecular weight is 631 g/mol. The quantitative estimate of drug-likeness (QED) is 0.150. The van der Waals surface area contributed by atoms with Gasteiger partial charge in [0.2, 0.25) is 0 Å². The van der Waals surface area contributed by atoms with E-state index in [0.29, 0.717) is 11.1 Å². The zero-order valence-corrected chi connectivity index (χ0v) is 25.2. The summed E-state index contributed by atoms with van der Waals surface area (Å²) in [6, 6.07) is 27.9. The fraction of sp³-hybridized carbons (Fsp3) is 0.406. The Labute approximate surface area is 246 Å². The minimum atomic E-state index is -0.195. The Bertz CT molecular complexity index is 1040. The molecular formula is C32H43IN2O3. The van der Waals surface area contributed by atoms with E-state index < -0.39 is 0 Å². The van der Waals surface area contributed by atoms with Crippen LogP contribution in [0.3, 0.4) is 0 Å². The molecule has 5 nitrogen and oxygen atoms in total. The number of nitrogens with zero attached hydrogens (tertiary/aromatic N) is 1. The third kappa shape index (κ3) is 11.4. The molecule has 38 heavy (non-hydrogen) atoms. The molecular weight excluding hydrogens is 587 g/mol. The number of benzene rings is 3. The van der Waals surface area contributed by atoms with Crippen LogP contribution < -0.4 is 38.8 Å². The van der Waals surface area contributed by atoms with E-state index in [-0.39, 0.29) is 35.9 Å².